The smallest absolute Gasteiger partial charge is 0.414 e. The maximum absolute atomic E-state index is 12.0. The minimum atomic E-state index is -1.18. The number of rotatable bonds is 5. The molecule has 0 aromatic heterocycles. The van der Waals surface area contributed by atoms with Gasteiger partial charge in [-0.25, -0.2) is 9.59 Å². The SMILES string of the molecule is CCOC(=O)N(CC)c1c(C(=O)O)cc(CC)c(Cl)c1Cl. The van der Waals surface area contributed by atoms with Crippen LogP contribution in [0.2, 0.25) is 10.0 Å². The number of carbonyl (C=O) groups is 2. The molecule has 0 saturated heterocycles. The topological polar surface area (TPSA) is 66.8 Å². The van der Waals surface area contributed by atoms with Crippen molar-refractivity contribution in [2.75, 3.05) is 18.1 Å². The predicted octanol–water partition coefficient (Wildman–Crippen LogP) is 4.24. The number of ether oxygens (including phenoxy) is 1. The zero-order valence-corrected chi connectivity index (χ0v) is 13.6. The number of benzene rings is 1. The number of halogens is 2. The minimum Gasteiger partial charge on any atom is -0.478 e. The van der Waals surface area contributed by atoms with Crippen molar-refractivity contribution < 1.29 is 19.4 Å². The lowest BCUT2D eigenvalue weighted by Crippen LogP contribution is -2.33. The molecule has 1 aromatic carbocycles. The molecule has 0 atom stereocenters. The lowest BCUT2D eigenvalue weighted by molar-refractivity contribution is 0.0697. The van der Waals surface area contributed by atoms with Crippen molar-refractivity contribution in [1.82, 2.24) is 0 Å². The first kappa shape index (κ1) is 17.6. The standard InChI is InChI=1S/C14H17Cl2NO4/c1-4-8-7-9(13(18)19)12(11(16)10(8)15)17(5-2)14(20)21-6-3/h7H,4-6H2,1-3H3,(H,18,19). The van der Waals surface area contributed by atoms with Gasteiger partial charge < -0.3 is 9.84 Å². The summed E-state index contributed by atoms with van der Waals surface area (Å²) in [5.41, 5.74) is 0.603. The first-order valence-electron chi connectivity index (χ1n) is 6.57. The Morgan fingerprint density at radius 1 is 1.24 bits per heavy atom. The van der Waals surface area contributed by atoms with Crippen molar-refractivity contribution >= 4 is 41.0 Å². The summed E-state index contributed by atoms with van der Waals surface area (Å²) in [5, 5.41) is 9.67. The number of hydrogen-bond acceptors (Lipinski definition) is 3. The molecule has 1 amide bonds. The fraction of sp³-hybridized carbons (Fsp3) is 0.429. The number of nitrogens with zero attached hydrogens (tertiary/aromatic N) is 1. The van der Waals surface area contributed by atoms with Crippen LogP contribution in [0.5, 0.6) is 0 Å². The minimum absolute atomic E-state index is 0.0447. The van der Waals surface area contributed by atoms with Crippen LogP contribution in [-0.2, 0) is 11.2 Å². The molecule has 0 aliphatic heterocycles. The van der Waals surface area contributed by atoms with Gasteiger partial charge >= 0.3 is 12.1 Å². The van der Waals surface area contributed by atoms with Crippen molar-refractivity contribution in [3.05, 3.63) is 27.2 Å². The molecule has 0 radical (unpaired) electrons. The lowest BCUT2D eigenvalue weighted by Gasteiger charge is -2.24. The van der Waals surface area contributed by atoms with E-state index in [0.29, 0.717) is 12.0 Å². The molecule has 0 aliphatic carbocycles. The molecule has 1 rings (SSSR count). The average molecular weight is 334 g/mol. The number of amides is 1. The molecule has 5 nitrogen and oxygen atoms in total. The second-order valence-electron chi connectivity index (χ2n) is 4.16. The van der Waals surface area contributed by atoms with Gasteiger partial charge in [-0.05, 0) is 31.9 Å². The summed E-state index contributed by atoms with van der Waals surface area (Å²) in [5.74, 6) is -1.18. The highest BCUT2D eigenvalue weighted by atomic mass is 35.5. The van der Waals surface area contributed by atoms with Crippen LogP contribution in [0.3, 0.4) is 0 Å². The Morgan fingerprint density at radius 3 is 2.29 bits per heavy atom. The Hall–Kier alpha value is -1.46. The molecule has 1 aromatic rings. The maximum Gasteiger partial charge on any atom is 0.414 e. The van der Waals surface area contributed by atoms with Gasteiger partial charge in [0, 0.05) is 6.54 Å². The second kappa shape index (κ2) is 7.52. The normalized spacial score (nSPS) is 10.3. The van der Waals surface area contributed by atoms with E-state index in [1.165, 1.54) is 11.0 Å². The summed E-state index contributed by atoms with van der Waals surface area (Å²) in [6.07, 6.45) is -0.130. The van der Waals surface area contributed by atoms with Gasteiger partial charge in [0.2, 0.25) is 0 Å². The summed E-state index contributed by atoms with van der Waals surface area (Å²) >= 11 is 12.4. The van der Waals surface area contributed by atoms with Crippen molar-refractivity contribution in [2.45, 2.75) is 27.2 Å². The first-order chi connectivity index (χ1) is 9.88. The number of carbonyl (C=O) groups excluding carboxylic acids is 1. The quantitative estimate of drug-likeness (QED) is 0.875. The summed E-state index contributed by atoms with van der Waals surface area (Å²) in [6, 6.07) is 1.44. The first-order valence-corrected chi connectivity index (χ1v) is 7.32. The van der Waals surface area contributed by atoms with E-state index < -0.39 is 12.1 Å². The number of aryl methyl sites for hydroxylation is 1. The van der Waals surface area contributed by atoms with Crippen LogP contribution in [0.25, 0.3) is 0 Å². The average Bonchev–Trinajstić information content (AvgIpc) is 2.44. The van der Waals surface area contributed by atoms with Crippen LogP contribution in [-0.4, -0.2) is 30.3 Å². The van der Waals surface area contributed by atoms with Crippen molar-refractivity contribution in [1.29, 1.82) is 0 Å². The highest BCUT2D eigenvalue weighted by molar-refractivity contribution is 6.45. The van der Waals surface area contributed by atoms with Crippen LogP contribution < -0.4 is 4.90 Å². The zero-order chi connectivity index (χ0) is 16.2. The van der Waals surface area contributed by atoms with E-state index >= 15 is 0 Å². The molecule has 0 fully saturated rings. The third kappa shape index (κ3) is 3.60. The number of aromatic carboxylic acids is 1. The molecule has 0 aliphatic rings. The summed E-state index contributed by atoms with van der Waals surface area (Å²) in [7, 11) is 0. The van der Waals surface area contributed by atoms with Gasteiger partial charge in [-0.15, -0.1) is 0 Å². The molecule has 7 heteroatoms. The summed E-state index contributed by atoms with van der Waals surface area (Å²) in [4.78, 5) is 24.6. The Bertz CT molecular complexity index is 560. The van der Waals surface area contributed by atoms with E-state index in [0.717, 1.165) is 0 Å². The Labute approximate surface area is 133 Å². The van der Waals surface area contributed by atoms with Crippen molar-refractivity contribution in [3.63, 3.8) is 0 Å². The molecule has 0 bridgehead atoms. The molecular formula is C14H17Cl2NO4. The Kier molecular flexibility index (Phi) is 6.30. The second-order valence-corrected chi connectivity index (χ2v) is 4.92. The molecule has 0 unspecified atom stereocenters. The van der Waals surface area contributed by atoms with Gasteiger partial charge in [-0.3, -0.25) is 4.90 Å². The maximum atomic E-state index is 12.0. The summed E-state index contributed by atoms with van der Waals surface area (Å²) in [6.45, 7) is 5.58. The molecule has 0 spiro atoms. The lowest BCUT2D eigenvalue weighted by atomic mass is 10.1. The van der Waals surface area contributed by atoms with Crippen molar-refractivity contribution in [2.24, 2.45) is 0 Å². The van der Waals surface area contributed by atoms with E-state index in [2.05, 4.69) is 0 Å². The third-order valence-corrected chi connectivity index (χ3v) is 3.84. The van der Waals surface area contributed by atoms with E-state index in [9.17, 15) is 14.7 Å². The summed E-state index contributed by atoms with van der Waals surface area (Å²) < 4.78 is 4.93. The largest absolute Gasteiger partial charge is 0.478 e. The Morgan fingerprint density at radius 2 is 1.86 bits per heavy atom. The number of anilines is 1. The van der Waals surface area contributed by atoms with Crippen LogP contribution in [0, 0.1) is 0 Å². The zero-order valence-electron chi connectivity index (χ0n) is 12.1. The van der Waals surface area contributed by atoms with Gasteiger partial charge in [-0.1, -0.05) is 30.1 Å². The van der Waals surface area contributed by atoms with E-state index in [4.69, 9.17) is 27.9 Å². The number of carboxylic acids is 1. The van der Waals surface area contributed by atoms with Gasteiger partial charge in [0.25, 0.3) is 0 Å². The predicted molar refractivity (Wildman–Crippen MR) is 82.8 cm³/mol. The molecule has 0 saturated carbocycles. The van der Waals surface area contributed by atoms with E-state index in [1.54, 1.807) is 13.8 Å². The molecule has 0 heterocycles. The number of hydrogen-bond donors (Lipinski definition) is 1. The molecule has 21 heavy (non-hydrogen) atoms. The number of carboxylic acid groups (broad SMARTS) is 1. The van der Waals surface area contributed by atoms with Gasteiger partial charge in [0.15, 0.2) is 0 Å². The fourth-order valence-electron chi connectivity index (χ4n) is 1.93. The molecular weight excluding hydrogens is 317 g/mol. The van der Waals surface area contributed by atoms with E-state index in [-0.39, 0.29) is 34.4 Å². The van der Waals surface area contributed by atoms with Crippen LogP contribution >= 0.6 is 23.2 Å². The van der Waals surface area contributed by atoms with Gasteiger partial charge in [-0.2, -0.15) is 0 Å². The van der Waals surface area contributed by atoms with Gasteiger partial charge in [0.05, 0.1) is 27.9 Å². The fourth-order valence-corrected chi connectivity index (χ4v) is 2.54. The molecule has 1 N–H and O–H groups in total. The third-order valence-electron chi connectivity index (χ3n) is 2.94. The molecule has 116 valence electrons. The van der Waals surface area contributed by atoms with E-state index in [1.807, 2.05) is 6.92 Å². The van der Waals surface area contributed by atoms with Crippen LogP contribution in [0.4, 0.5) is 10.5 Å². The van der Waals surface area contributed by atoms with Crippen LogP contribution in [0.1, 0.15) is 36.7 Å². The highest BCUT2D eigenvalue weighted by Gasteiger charge is 2.27. The monoisotopic (exact) mass is 333 g/mol. The Balaban J connectivity index is 3.55. The van der Waals surface area contributed by atoms with Crippen molar-refractivity contribution in [3.8, 4) is 0 Å². The highest BCUT2D eigenvalue weighted by Crippen LogP contribution is 2.39. The van der Waals surface area contributed by atoms with Crippen LogP contribution in [0.15, 0.2) is 6.07 Å². The van der Waals surface area contributed by atoms with Gasteiger partial charge in [0.1, 0.15) is 0 Å².